The van der Waals surface area contributed by atoms with E-state index in [0.717, 1.165) is 61.7 Å². The zero-order valence-electron chi connectivity index (χ0n) is 18.4. The number of hydrogen-bond donors (Lipinski definition) is 4. The van der Waals surface area contributed by atoms with Gasteiger partial charge in [0.15, 0.2) is 5.65 Å². The first-order valence-electron chi connectivity index (χ1n) is 11.7. The van der Waals surface area contributed by atoms with E-state index >= 15 is 0 Å². The summed E-state index contributed by atoms with van der Waals surface area (Å²) in [4.78, 5) is 11.5. The van der Waals surface area contributed by atoms with Gasteiger partial charge in [0, 0.05) is 37.1 Å². The molecule has 1 aliphatic carbocycles. The molecule has 0 aromatic carbocycles. The van der Waals surface area contributed by atoms with Crippen LogP contribution in [0.1, 0.15) is 38.5 Å². The smallest absolute Gasteiger partial charge is 0.247 e. The molecule has 1 aliphatic heterocycles. The predicted octanol–water partition coefficient (Wildman–Crippen LogP) is 3.09. The van der Waals surface area contributed by atoms with Crippen molar-refractivity contribution in [3.63, 3.8) is 0 Å². The second kappa shape index (κ2) is 9.70. The second-order valence-electron chi connectivity index (χ2n) is 8.80. The van der Waals surface area contributed by atoms with Gasteiger partial charge in [0.1, 0.15) is 11.6 Å². The molecule has 32 heavy (non-hydrogen) atoms. The fraction of sp³-hybridized carbons (Fsp3) is 0.522. The Morgan fingerprint density at radius 3 is 2.75 bits per heavy atom. The van der Waals surface area contributed by atoms with Crippen molar-refractivity contribution in [3.05, 3.63) is 36.5 Å². The van der Waals surface area contributed by atoms with Crippen LogP contribution in [0.5, 0.6) is 0 Å². The minimum absolute atomic E-state index is 0.161. The van der Waals surface area contributed by atoms with Crippen LogP contribution in [-0.2, 0) is 0 Å². The fourth-order valence-corrected chi connectivity index (χ4v) is 4.58. The van der Waals surface area contributed by atoms with E-state index in [4.69, 9.17) is 0 Å². The maximum atomic E-state index is 9.75. The van der Waals surface area contributed by atoms with Crippen LogP contribution in [0.25, 0.3) is 5.65 Å². The number of likely N-dealkylation sites (tertiary alicyclic amines) is 1. The average molecular weight is 437 g/mol. The SMILES string of the molecule is O[C@H]1CC[C@@H](Nc2cccc3nc(Nc4ccnc(NCCN5CCCC5)c4)nn23)CC1. The third-order valence-electron chi connectivity index (χ3n) is 6.36. The van der Waals surface area contributed by atoms with Crippen molar-refractivity contribution in [2.24, 2.45) is 0 Å². The fourth-order valence-electron chi connectivity index (χ4n) is 4.58. The lowest BCUT2D eigenvalue weighted by atomic mass is 9.93. The van der Waals surface area contributed by atoms with Crippen LogP contribution >= 0.6 is 0 Å². The summed E-state index contributed by atoms with van der Waals surface area (Å²) in [7, 11) is 0. The van der Waals surface area contributed by atoms with Crippen LogP contribution < -0.4 is 16.0 Å². The highest BCUT2D eigenvalue weighted by Crippen LogP contribution is 2.23. The number of rotatable bonds is 8. The number of aromatic nitrogens is 4. The molecule has 5 rings (SSSR count). The van der Waals surface area contributed by atoms with Gasteiger partial charge in [0.2, 0.25) is 5.95 Å². The molecule has 9 nitrogen and oxygen atoms in total. The topological polar surface area (TPSA) is 103 Å². The Kier molecular flexibility index (Phi) is 6.36. The van der Waals surface area contributed by atoms with E-state index in [-0.39, 0.29) is 6.10 Å². The number of anilines is 4. The van der Waals surface area contributed by atoms with E-state index in [1.807, 2.05) is 34.8 Å². The first-order chi connectivity index (χ1) is 15.7. The van der Waals surface area contributed by atoms with Gasteiger partial charge < -0.3 is 26.0 Å². The molecule has 4 heterocycles. The molecule has 2 fully saturated rings. The summed E-state index contributed by atoms with van der Waals surface area (Å²) in [5.41, 5.74) is 1.68. The first kappa shape index (κ1) is 21.0. The third-order valence-corrected chi connectivity index (χ3v) is 6.36. The predicted molar refractivity (Wildman–Crippen MR) is 127 cm³/mol. The van der Waals surface area contributed by atoms with Gasteiger partial charge in [-0.2, -0.15) is 9.50 Å². The number of pyridine rings is 2. The highest BCUT2D eigenvalue weighted by molar-refractivity contribution is 5.60. The molecule has 170 valence electrons. The van der Waals surface area contributed by atoms with Crippen molar-refractivity contribution in [2.45, 2.75) is 50.7 Å². The normalized spacial score (nSPS) is 21.7. The maximum Gasteiger partial charge on any atom is 0.247 e. The Morgan fingerprint density at radius 2 is 1.91 bits per heavy atom. The van der Waals surface area contributed by atoms with E-state index in [2.05, 4.69) is 35.9 Å². The Hall–Kier alpha value is -2.91. The number of nitrogens with one attached hydrogen (secondary N) is 3. The lowest BCUT2D eigenvalue weighted by Crippen LogP contribution is -2.29. The van der Waals surface area contributed by atoms with E-state index in [9.17, 15) is 5.11 Å². The van der Waals surface area contributed by atoms with Crippen molar-refractivity contribution in [1.82, 2.24) is 24.5 Å². The molecule has 0 unspecified atom stereocenters. The van der Waals surface area contributed by atoms with Crippen LogP contribution in [0.3, 0.4) is 0 Å². The highest BCUT2D eigenvalue weighted by atomic mass is 16.3. The number of aliphatic hydroxyl groups is 1. The third kappa shape index (κ3) is 5.11. The second-order valence-corrected chi connectivity index (χ2v) is 8.80. The zero-order chi connectivity index (χ0) is 21.8. The zero-order valence-corrected chi connectivity index (χ0v) is 18.4. The average Bonchev–Trinajstić information content (AvgIpc) is 3.46. The first-order valence-corrected chi connectivity index (χ1v) is 11.7. The van der Waals surface area contributed by atoms with Crippen LogP contribution in [0, 0.1) is 0 Å². The van der Waals surface area contributed by atoms with Gasteiger partial charge >= 0.3 is 0 Å². The van der Waals surface area contributed by atoms with E-state index < -0.39 is 0 Å². The Labute approximate surface area is 188 Å². The summed E-state index contributed by atoms with van der Waals surface area (Å²) in [6.07, 6.45) is 7.86. The molecule has 1 saturated heterocycles. The molecule has 0 atom stereocenters. The molecule has 9 heteroatoms. The van der Waals surface area contributed by atoms with Crippen LogP contribution in [0.2, 0.25) is 0 Å². The molecular formula is C23H32N8O. The largest absolute Gasteiger partial charge is 0.393 e. The van der Waals surface area contributed by atoms with Crippen LogP contribution in [-0.4, -0.2) is 67.9 Å². The Balaban J connectivity index is 1.23. The molecule has 0 amide bonds. The number of fused-ring (bicyclic) bond motifs is 1. The van der Waals surface area contributed by atoms with Gasteiger partial charge in [-0.25, -0.2) is 4.98 Å². The Bertz CT molecular complexity index is 1020. The minimum atomic E-state index is -0.161. The number of hydrogen-bond acceptors (Lipinski definition) is 8. The highest BCUT2D eigenvalue weighted by Gasteiger charge is 2.20. The van der Waals surface area contributed by atoms with Crippen LogP contribution in [0.4, 0.5) is 23.3 Å². The van der Waals surface area contributed by atoms with Gasteiger partial charge in [0.25, 0.3) is 0 Å². The number of aliphatic hydroxyl groups excluding tert-OH is 1. The van der Waals surface area contributed by atoms with Gasteiger partial charge in [0.05, 0.1) is 6.10 Å². The standard InChI is InChI=1S/C23H32N8O/c32-19-8-6-17(7-9-19)26-21-4-3-5-22-28-23(29-31(21)22)27-18-10-11-24-20(16-18)25-12-15-30-13-1-2-14-30/h3-5,10-11,16-17,19,26,32H,1-2,6-9,12-15H2,(H2,24,25,27,29)/t17-,19+. The van der Waals surface area contributed by atoms with Gasteiger partial charge in [-0.3, -0.25) is 0 Å². The van der Waals surface area contributed by atoms with Crippen LogP contribution in [0.15, 0.2) is 36.5 Å². The maximum absolute atomic E-state index is 9.75. The summed E-state index contributed by atoms with van der Waals surface area (Å²) < 4.78 is 1.84. The molecule has 1 saturated carbocycles. The summed E-state index contributed by atoms with van der Waals surface area (Å²) in [5.74, 6) is 2.32. The van der Waals surface area contributed by atoms with E-state index in [0.29, 0.717) is 12.0 Å². The van der Waals surface area contributed by atoms with Crippen molar-refractivity contribution in [3.8, 4) is 0 Å². The Morgan fingerprint density at radius 1 is 1.06 bits per heavy atom. The van der Waals surface area contributed by atoms with Gasteiger partial charge in [-0.1, -0.05) is 6.07 Å². The molecule has 0 bridgehead atoms. The lowest BCUT2D eigenvalue weighted by molar-refractivity contribution is 0.126. The monoisotopic (exact) mass is 436 g/mol. The quantitative estimate of drug-likeness (QED) is 0.427. The lowest BCUT2D eigenvalue weighted by Gasteiger charge is -2.26. The van der Waals surface area contributed by atoms with E-state index in [1.54, 1.807) is 6.20 Å². The summed E-state index contributed by atoms with van der Waals surface area (Å²) in [5, 5.41) is 24.7. The van der Waals surface area contributed by atoms with Gasteiger partial charge in [-0.05, 0) is 69.8 Å². The molecule has 4 N–H and O–H groups in total. The number of nitrogens with zero attached hydrogens (tertiary/aromatic N) is 5. The van der Waals surface area contributed by atoms with Crippen molar-refractivity contribution < 1.29 is 5.11 Å². The minimum Gasteiger partial charge on any atom is -0.393 e. The summed E-state index contributed by atoms with van der Waals surface area (Å²) >= 11 is 0. The molecule has 0 spiro atoms. The molecular weight excluding hydrogens is 404 g/mol. The van der Waals surface area contributed by atoms with Crippen molar-refractivity contribution in [1.29, 1.82) is 0 Å². The molecule has 2 aliphatic rings. The molecule has 0 radical (unpaired) electrons. The van der Waals surface area contributed by atoms with Crippen molar-refractivity contribution >= 4 is 28.9 Å². The molecule has 3 aromatic heterocycles. The molecule has 3 aromatic rings. The van der Waals surface area contributed by atoms with E-state index in [1.165, 1.54) is 25.9 Å². The summed E-state index contributed by atoms with van der Waals surface area (Å²) in [6.45, 7) is 4.34. The summed E-state index contributed by atoms with van der Waals surface area (Å²) in [6, 6.07) is 10.2. The van der Waals surface area contributed by atoms with Crippen molar-refractivity contribution in [2.75, 3.05) is 42.1 Å². The van der Waals surface area contributed by atoms with Gasteiger partial charge in [-0.15, -0.1) is 5.10 Å².